The number of nitrogens with zero attached hydrogens (tertiary/aromatic N) is 4. The molecule has 22 heavy (non-hydrogen) atoms. The molecular weight excluding hydrogens is 276 g/mol. The van der Waals surface area contributed by atoms with Crippen molar-refractivity contribution in [1.82, 2.24) is 19.7 Å². The minimum absolute atomic E-state index is 0.178. The maximum Gasteiger partial charge on any atom is 0.222 e. The predicted octanol–water partition coefficient (Wildman–Crippen LogP) is 2.07. The first kappa shape index (κ1) is 16.2. The summed E-state index contributed by atoms with van der Waals surface area (Å²) in [5.74, 6) is 0.178. The molecule has 5 heteroatoms. The van der Waals surface area contributed by atoms with Crippen LogP contribution in [0.15, 0.2) is 24.5 Å². The van der Waals surface area contributed by atoms with Gasteiger partial charge in [0.05, 0.1) is 5.69 Å². The van der Waals surface area contributed by atoms with Gasteiger partial charge >= 0.3 is 0 Å². The van der Waals surface area contributed by atoms with Crippen LogP contribution in [0.4, 0.5) is 0 Å². The van der Waals surface area contributed by atoms with E-state index in [1.807, 2.05) is 49.7 Å². The summed E-state index contributed by atoms with van der Waals surface area (Å²) >= 11 is 0. The summed E-state index contributed by atoms with van der Waals surface area (Å²) in [5, 5.41) is 4.40. The van der Waals surface area contributed by atoms with E-state index < -0.39 is 0 Å². The third-order valence-electron chi connectivity index (χ3n) is 4.16. The molecule has 0 N–H and O–H groups in total. The first-order valence-corrected chi connectivity index (χ1v) is 7.61. The normalized spacial score (nSPS) is 10.7. The predicted molar refractivity (Wildman–Crippen MR) is 86.6 cm³/mol. The van der Waals surface area contributed by atoms with E-state index in [1.54, 1.807) is 12.4 Å². The van der Waals surface area contributed by atoms with Crippen molar-refractivity contribution in [3.63, 3.8) is 0 Å². The van der Waals surface area contributed by atoms with E-state index in [0.29, 0.717) is 6.42 Å². The molecular formula is C17H24N4O. The number of aromatic nitrogens is 3. The molecule has 0 saturated heterocycles. The number of amides is 1. The Morgan fingerprint density at radius 2 is 1.91 bits per heavy atom. The van der Waals surface area contributed by atoms with Crippen LogP contribution in [-0.4, -0.2) is 39.2 Å². The van der Waals surface area contributed by atoms with Gasteiger partial charge in [-0.1, -0.05) is 0 Å². The molecule has 0 aliphatic rings. The van der Waals surface area contributed by atoms with Crippen LogP contribution in [0, 0.1) is 13.8 Å². The highest BCUT2D eigenvalue weighted by Crippen LogP contribution is 2.14. The number of pyridine rings is 1. The van der Waals surface area contributed by atoms with Crippen molar-refractivity contribution in [3.05, 3.63) is 47.0 Å². The Morgan fingerprint density at radius 3 is 2.50 bits per heavy atom. The average Bonchev–Trinajstić information content (AvgIpc) is 2.76. The summed E-state index contributed by atoms with van der Waals surface area (Å²) in [6.07, 6.45) is 5.70. The van der Waals surface area contributed by atoms with E-state index in [0.717, 1.165) is 30.8 Å². The summed E-state index contributed by atoms with van der Waals surface area (Å²) in [4.78, 5) is 18.1. The highest BCUT2D eigenvalue weighted by atomic mass is 16.2. The van der Waals surface area contributed by atoms with Crippen molar-refractivity contribution in [1.29, 1.82) is 0 Å². The summed E-state index contributed by atoms with van der Waals surface area (Å²) in [6, 6.07) is 3.97. The molecule has 2 aromatic heterocycles. The van der Waals surface area contributed by atoms with E-state index in [9.17, 15) is 4.79 Å². The smallest absolute Gasteiger partial charge is 0.222 e. The number of likely N-dealkylation sites (N-methyl/N-ethyl adjacent to an activating group) is 1. The lowest BCUT2D eigenvalue weighted by molar-refractivity contribution is -0.129. The fraction of sp³-hybridized carbons (Fsp3) is 0.471. The standard InChI is InChI=1S/C17H24N4O/c1-13-16(14(2)21(4)19-13)5-6-17(22)20(3)12-9-15-7-10-18-11-8-15/h7-8,10-11H,5-6,9,12H2,1-4H3. The molecule has 0 atom stereocenters. The van der Waals surface area contributed by atoms with Gasteiger partial charge in [-0.25, -0.2) is 0 Å². The zero-order valence-corrected chi connectivity index (χ0v) is 13.8. The van der Waals surface area contributed by atoms with Crippen molar-refractivity contribution >= 4 is 5.91 Å². The molecule has 0 aliphatic carbocycles. The Kier molecular flexibility index (Phi) is 5.31. The van der Waals surface area contributed by atoms with Gasteiger partial charge in [0.1, 0.15) is 0 Å². The molecule has 0 saturated carbocycles. The van der Waals surface area contributed by atoms with Crippen LogP contribution < -0.4 is 0 Å². The lowest BCUT2D eigenvalue weighted by Crippen LogP contribution is -2.29. The van der Waals surface area contributed by atoms with Crippen molar-refractivity contribution in [2.75, 3.05) is 13.6 Å². The zero-order chi connectivity index (χ0) is 16.1. The molecule has 5 nitrogen and oxygen atoms in total. The van der Waals surface area contributed by atoms with Gasteiger partial charge in [0.2, 0.25) is 5.91 Å². The van der Waals surface area contributed by atoms with E-state index in [-0.39, 0.29) is 5.91 Å². The molecule has 0 radical (unpaired) electrons. The molecule has 2 aromatic rings. The second-order valence-electron chi connectivity index (χ2n) is 5.69. The first-order chi connectivity index (χ1) is 10.5. The topological polar surface area (TPSA) is 51.0 Å². The molecule has 118 valence electrons. The van der Waals surface area contributed by atoms with E-state index in [2.05, 4.69) is 10.1 Å². The van der Waals surface area contributed by atoms with Crippen molar-refractivity contribution in [3.8, 4) is 0 Å². The van der Waals surface area contributed by atoms with Crippen LogP contribution in [0.25, 0.3) is 0 Å². The first-order valence-electron chi connectivity index (χ1n) is 7.61. The lowest BCUT2D eigenvalue weighted by Gasteiger charge is -2.17. The minimum atomic E-state index is 0.178. The van der Waals surface area contributed by atoms with Gasteiger partial charge in [0.25, 0.3) is 0 Å². The van der Waals surface area contributed by atoms with Crippen molar-refractivity contribution < 1.29 is 4.79 Å². The Morgan fingerprint density at radius 1 is 1.23 bits per heavy atom. The molecule has 0 spiro atoms. The van der Waals surface area contributed by atoms with Crippen molar-refractivity contribution in [2.24, 2.45) is 7.05 Å². The molecule has 0 fully saturated rings. The van der Waals surface area contributed by atoms with Crippen LogP contribution in [0.1, 0.15) is 28.9 Å². The SMILES string of the molecule is Cc1nn(C)c(C)c1CCC(=O)N(C)CCc1ccncc1. The van der Waals surface area contributed by atoms with E-state index >= 15 is 0 Å². The van der Waals surface area contributed by atoms with Gasteiger partial charge in [0, 0.05) is 45.1 Å². The second kappa shape index (κ2) is 7.20. The largest absolute Gasteiger partial charge is 0.345 e. The minimum Gasteiger partial charge on any atom is -0.345 e. The molecule has 2 heterocycles. The number of carbonyl (C=O) groups is 1. The third-order valence-corrected chi connectivity index (χ3v) is 4.16. The van der Waals surface area contributed by atoms with Gasteiger partial charge < -0.3 is 4.90 Å². The number of carbonyl (C=O) groups excluding carboxylic acids is 1. The molecule has 0 aliphatic heterocycles. The van der Waals surface area contributed by atoms with Crippen LogP contribution >= 0.6 is 0 Å². The quantitative estimate of drug-likeness (QED) is 0.820. The van der Waals surface area contributed by atoms with Gasteiger partial charge in [-0.05, 0) is 49.9 Å². The Bertz CT molecular complexity index is 634. The molecule has 0 aromatic carbocycles. The highest BCUT2D eigenvalue weighted by molar-refractivity contribution is 5.76. The maximum atomic E-state index is 12.3. The number of aryl methyl sites for hydroxylation is 2. The summed E-state index contributed by atoms with van der Waals surface area (Å²) in [7, 11) is 3.81. The zero-order valence-electron chi connectivity index (χ0n) is 13.8. The lowest BCUT2D eigenvalue weighted by atomic mass is 10.1. The Hall–Kier alpha value is -2.17. The Balaban J connectivity index is 1.84. The maximum absolute atomic E-state index is 12.3. The van der Waals surface area contributed by atoms with Crippen molar-refractivity contribution in [2.45, 2.75) is 33.1 Å². The molecule has 1 amide bonds. The van der Waals surface area contributed by atoms with Gasteiger partial charge in [-0.15, -0.1) is 0 Å². The van der Waals surface area contributed by atoms with Crippen LogP contribution in [0.3, 0.4) is 0 Å². The van der Waals surface area contributed by atoms with Gasteiger partial charge in [-0.3, -0.25) is 14.5 Å². The number of rotatable bonds is 6. The third kappa shape index (κ3) is 3.93. The summed E-state index contributed by atoms with van der Waals surface area (Å²) in [5.41, 5.74) is 4.56. The van der Waals surface area contributed by atoms with Gasteiger partial charge in [-0.2, -0.15) is 5.10 Å². The van der Waals surface area contributed by atoms with Crippen LogP contribution in [0.2, 0.25) is 0 Å². The average molecular weight is 300 g/mol. The van der Waals surface area contributed by atoms with E-state index in [4.69, 9.17) is 0 Å². The summed E-state index contributed by atoms with van der Waals surface area (Å²) < 4.78 is 1.88. The van der Waals surface area contributed by atoms with Crippen LogP contribution in [0.5, 0.6) is 0 Å². The highest BCUT2D eigenvalue weighted by Gasteiger charge is 2.13. The number of hydrogen-bond acceptors (Lipinski definition) is 3. The molecule has 2 rings (SSSR count). The fourth-order valence-corrected chi connectivity index (χ4v) is 2.57. The number of hydrogen-bond donors (Lipinski definition) is 0. The summed E-state index contributed by atoms with van der Waals surface area (Å²) in [6.45, 7) is 4.78. The second-order valence-corrected chi connectivity index (χ2v) is 5.69. The molecule has 0 unspecified atom stereocenters. The fourth-order valence-electron chi connectivity index (χ4n) is 2.57. The van der Waals surface area contributed by atoms with E-state index in [1.165, 1.54) is 11.1 Å². The Labute approximate surface area is 132 Å². The molecule has 0 bridgehead atoms. The monoisotopic (exact) mass is 300 g/mol. The van der Waals surface area contributed by atoms with Crippen LogP contribution in [-0.2, 0) is 24.7 Å². The van der Waals surface area contributed by atoms with Gasteiger partial charge in [0.15, 0.2) is 0 Å².